The zero-order valence-electron chi connectivity index (χ0n) is 12.4. The number of hydrogen-bond acceptors (Lipinski definition) is 4. The van der Waals surface area contributed by atoms with Crippen LogP contribution in [0, 0.1) is 0 Å². The van der Waals surface area contributed by atoms with Crippen molar-refractivity contribution in [3.63, 3.8) is 0 Å². The molecule has 0 spiro atoms. The van der Waals surface area contributed by atoms with Crippen molar-refractivity contribution < 1.29 is 13.2 Å². The fraction of sp³-hybridized carbons (Fsp3) is 0.267. The fourth-order valence-corrected chi connectivity index (χ4v) is 4.42. The predicted molar refractivity (Wildman–Crippen MR) is 92.9 cm³/mol. The SMILES string of the molecule is COCCN(Cc1cccnc1)S(=O)(=O)c1ccc(Br)cc1Cl. The lowest BCUT2D eigenvalue weighted by molar-refractivity contribution is 0.177. The molecule has 0 N–H and O–H groups in total. The van der Waals surface area contributed by atoms with E-state index in [1.807, 2.05) is 6.07 Å². The summed E-state index contributed by atoms with van der Waals surface area (Å²) in [6.45, 7) is 0.708. The molecule has 0 atom stereocenters. The molecule has 0 unspecified atom stereocenters. The molecule has 1 aromatic heterocycles. The Bertz CT molecular complexity index is 757. The van der Waals surface area contributed by atoms with E-state index < -0.39 is 10.0 Å². The van der Waals surface area contributed by atoms with Gasteiger partial charge in [0, 0.05) is 37.1 Å². The van der Waals surface area contributed by atoms with Crippen molar-refractivity contribution in [3.05, 3.63) is 57.8 Å². The van der Waals surface area contributed by atoms with Crippen LogP contribution in [-0.4, -0.2) is 38.0 Å². The van der Waals surface area contributed by atoms with E-state index >= 15 is 0 Å². The van der Waals surface area contributed by atoms with Crippen molar-refractivity contribution in [1.82, 2.24) is 9.29 Å². The van der Waals surface area contributed by atoms with E-state index in [-0.39, 0.29) is 29.6 Å². The highest BCUT2D eigenvalue weighted by molar-refractivity contribution is 9.10. The molecule has 0 aliphatic rings. The number of halogens is 2. The van der Waals surface area contributed by atoms with Gasteiger partial charge in [-0.25, -0.2) is 8.42 Å². The summed E-state index contributed by atoms with van der Waals surface area (Å²) in [4.78, 5) is 4.09. The quantitative estimate of drug-likeness (QED) is 0.690. The Morgan fingerprint density at radius 3 is 2.74 bits per heavy atom. The van der Waals surface area contributed by atoms with Crippen molar-refractivity contribution in [2.45, 2.75) is 11.4 Å². The number of benzene rings is 1. The lowest BCUT2D eigenvalue weighted by atomic mass is 10.3. The molecular formula is C15H16BrClN2O3S. The molecule has 2 rings (SSSR count). The van der Waals surface area contributed by atoms with E-state index in [0.29, 0.717) is 0 Å². The van der Waals surface area contributed by atoms with Crippen molar-refractivity contribution in [2.75, 3.05) is 20.3 Å². The highest BCUT2D eigenvalue weighted by Crippen LogP contribution is 2.28. The Hall–Kier alpha value is -0.990. The predicted octanol–water partition coefficient (Wildman–Crippen LogP) is 3.33. The molecule has 1 heterocycles. The molecule has 2 aromatic rings. The molecular weight excluding hydrogens is 404 g/mol. The summed E-state index contributed by atoms with van der Waals surface area (Å²) in [5.74, 6) is 0. The molecule has 23 heavy (non-hydrogen) atoms. The number of pyridine rings is 1. The first kappa shape index (κ1) is 18.4. The van der Waals surface area contributed by atoms with E-state index in [1.54, 1.807) is 30.6 Å². The van der Waals surface area contributed by atoms with Gasteiger partial charge in [-0.2, -0.15) is 4.31 Å². The van der Waals surface area contributed by atoms with E-state index in [4.69, 9.17) is 16.3 Å². The normalized spacial score (nSPS) is 11.8. The van der Waals surface area contributed by atoms with E-state index in [1.165, 1.54) is 17.5 Å². The largest absolute Gasteiger partial charge is 0.383 e. The zero-order chi connectivity index (χ0) is 16.9. The molecule has 124 valence electrons. The minimum atomic E-state index is -3.75. The van der Waals surface area contributed by atoms with Gasteiger partial charge in [0.05, 0.1) is 11.6 Å². The van der Waals surface area contributed by atoms with E-state index in [0.717, 1.165) is 10.0 Å². The first-order valence-electron chi connectivity index (χ1n) is 6.78. The maximum Gasteiger partial charge on any atom is 0.244 e. The molecule has 1 aromatic carbocycles. The van der Waals surface area contributed by atoms with Crippen LogP contribution in [-0.2, 0) is 21.3 Å². The second kappa shape index (κ2) is 8.21. The molecule has 0 amide bonds. The lowest BCUT2D eigenvalue weighted by Crippen LogP contribution is -2.33. The first-order valence-corrected chi connectivity index (χ1v) is 9.39. The van der Waals surface area contributed by atoms with Gasteiger partial charge in [-0.1, -0.05) is 33.6 Å². The Balaban J connectivity index is 2.36. The zero-order valence-corrected chi connectivity index (χ0v) is 15.6. The fourth-order valence-electron chi connectivity index (χ4n) is 2.00. The van der Waals surface area contributed by atoms with Crippen LogP contribution in [0.3, 0.4) is 0 Å². The topological polar surface area (TPSA) is 59.5 Å². The number of sulfonamides is 1. The summed E-state index contributed by atoms with van der Waals surface area (Å²) in [5.41, 5.74) is 0.792. The molecule has 0 aliphatic carbocycles. The molecule has 0 radical (unpaired) electrons. The average molecular weight is 420 g/mol. The van der Waals surface area contributed by atoms with E-state index in [9.17, 15) is 8.42 Å². The Labute approximate surface area is 149 Å². The van der Waals surface area contributed by atoms with Gasteiger partial charge in [0.15, 0.2) is 0 Å². The number of methoxy groups -OCH3 is 1. The van der Waals surface area contributed by atoms with Crippen LogP contribution in [0.25, 0.3) is 0 Å². The third-order valence-electron chi connectivity index (χ3n) is 3.14. The maximum absolute atomic E-state index is 12.9. The van der Waals surface area contributed by atoms with Gasteiger partial charge < -0.3 is 4.74 Å². The molecule has 5 nitrogen and oxygen atoms in total. The summed E-state index contributed by atoms with van der Waals surface area (Å²) in [6.07, 6.45) is 3.28. The molecule has 0 saturated heterocycles. The van der Waals surface area contributed by atoms with Gasteiger partial charge >= 0.3 is 0 Å². The lowest BCUT2D eigenvalue weighted by Gasteiger charge is -2.22. The average Bonchev–Trinajstić information content (AvgIpc) is 2.52. The van der Waals surface area contributed by atoms with Gasteiger partial charge in [-0.05, 0) is 29.8 Å². The molecule has 0 aliphatic heterocycles. The minimum Gasteiger partial charge on any atom is -0.383 e. The summed E-state index contributed by atoms with van der Waals surface area (Å²) in [6, 6.07) is 8.30. The highest BCUT2D eigenvalue weighted by Gasteiger charge is 2.26. The summed E-state index contributed by atoms with van der Waals surface area (Å²) in [5, 5.41) is 0.174. The van der Waals surface area contributed by atoms with Crippen molar-refractivity contribution in [3.8, 4) is 0 Å². The second-order valence-corrected chi connectivity index (χ2v) is 8.00. The summed E-state index contributed by atoms with van der Waals surface area (Å²) >= 11 is 9.39. The first-order chi connectivity index (χ1) is 10.9. The van der Waals surface area contributed by atoms with Gasteiger partial charge in [0.25, 0.3) is 0 Å². The number of ether oxygens (including phenoxy) is 1. The van der Waals surface area contributed by atoms with Gasteiger partial charge in [-0.3, -0.25) is 4.98 Å². The standard InChI is InChI=1S/C15H16BrClN2O3S/c1-22-8-7-19(11-12-3-2-6-18-10-12)23(20,21)15-5-4-13(16)9-14(15)17/h2-6,9-10H,7-8,11H2,1H3. The van der Waals surface area contributed by atoms with Crippen molar-refractivity contribution >= 4 is 37.6 Å². The second-order valence-electron chi connectivity index (χ2n) is 4.77. The highest BCUT2D eigenvalue weighted by atomic mass is 79.9. The number of nitrogens with zero attached hydrogens (tertiary/aromatic N) is 2. The van der Waals surface area contributed by atoms with Crippen LogP contribution in [0.4, 0.5) is 0 Å². The summed E-state index contributed by atoms with van der Waals surface area (Å²) in [7, 11) is -2.22. The maximum atomic E-state index is 12.9. The third-order valence-corrected chi connectivity index (χ3v) is 5.96. The third kappa shape index (κ3) is 4.74. The van der Waals surface area contributed by atoms with Crippen LogP contribution in [0.2, 0.25) is 5.02 Å². The van der Waals surface area contributed by atoms with Gasteiger partial charge in [0.1, 0.15) is 4.90 Å². The number of rotatable bonds is 7. The van der Waals surface area contributed by atoms with Crippen LogP contribution in [0.1, 0.15) is 5.56 Å². The van der Waals surface area contributed by atoms with Crippen LogP contribution < -0.4 is 0 Å². The Morgan fingerprint density at radius 1 is 1.35 bits per heavy atom. The van der Waals surface area contributed by atoms with Crippen LogP contribution in [0.5, 0.6) is 0 Å². The number of aromatic nitrogens is 1. The van der Waals surface area contributed by atoms with Crippen molar-refractivity contribution in [2.24, 2.45) is 0 Å². The Morgan fingerprint density at radius 2 is 2.13 bits per heavy atom. The molecule has 0 fully saturated rings. The molecule has 8 heteroatoms. The minimum absolute atomic E-state index is 0.0716. The van der Waals surface area contributed by atoms with Crippen molar-refractivity contribution in [1.29, 1.82) is 0 Å². The van der Waals surface area contributed by atoms with Gasteiger partial charge in [0.2, 0.25) is 10.0 Å². The van der Waals surface area contributed by atoms with Gasteiger partial charge in [-0.15, -0.1) is 0 Å². The molecule has 0 bridgehead atoms. The van der Waals surface area contributed by atoms with E-state index in [2.05, 4.69) is 20.9 Å². The molecule has 0 saturated carbocycles. The van der Waals surface area contributed by atoms with Crippen LogP contribution >= 0.6 is 27.5 Å². The summed E-state index contributed by atoms with van der Waals surface area (Å²) < 4.78 is 32.9. The monoisotopic (exact) mass is 418 g/mol. The smallest absolute Gasteiger partial charge is 0.244 e. The Kier molecular flexibility index (Phi) is 6.55. The van der Waals surface area contributed by atoms with Crippen LogP contribution in [0.15, 0.2) is 52.1 Å². The number of hydrogen-bond donors (Lipinski definition) is 0.